The zero-order valence-electron chi connectivity index (χ0n) is 11.7. The lowest BCUT2D eigenvalue weighted by Gasteiger charge is -2.07. The Morgan fingerprint density at radius 3 is 2.36 bits per heavy atom. The molecule has 0 spiro atoms. The molecule has 0 radical (unpaired) electrons. The van der Waals surface area contributed by atoms with E-state index in [0.29, 0.717) is 22.2 Å². The van der Waals surface area contributed by atoms with Crippen molar-refractivity contribution in [1.82, 2.24) is 5.32 Å². The topological polar surface area (TPSA) is 49.3 Å². The molecule has 0 saturated carbocycles. The van der Waals surface area contributed by atoms with Crippen molar-refractivity contribution in [2.45, 2.75) is 13.0 Å². The summed E-state index contributed by atoms with van der Waals surface area (Å²) in [6.45, 7) is 1.47. The lowest BCUT2D eigenvalue weighted by molar-refractivity contribution is 0.0697. The number of halogens is 3. The van der Waals surface area contributed by atoms with Crippen molar-refractivity contribution in [1.29, 1.82) is 0 Å². The highest BCUT2D eigenvalue weighted by Crippen LogP contribution is 2.21. The Hall–Kier alpha value is -1.26. The van der Waals surface area contributed by atoms with E-state index in [0.717, 1.165) is 24.1 Å². The third-order valence-electron chi connectivity index (χ3n) is 3.12. The number of hydrogen-bond donors (Lipinski definition) is 2. The predicted molar refractivity (Wildman–Crippen MR) is 92.5 cm³/mol. The SMILES string of the molecule is Cl.O=C(O)c1ccc(CNCCc2ccc(Cl)cc2Cl)cc1. The first-order valence-corrected chi connectivity index (χ1v) is 7.29. The molecular weight excluding hydrogens is 345 g/mol. The first kappa shape index (κ1) is 18.8. The summed E-state index contributed by atoms with van der Waals surface area (Å²) in [6.07, 6.45) is 0.809. The number of hydrogen-bond acceptors (Lipinski definition) is 2. The lowest BCUT2D eigenvalue weighted by Crippen LogP contribution is -2.16. The molecule has 0 amide bonds. The molecule has 0 bridgehead atoms. The first-order valence-electron chi connectivity index (χ1n) is 6.53. The minimum absolute atomic E-state index is 0. The highest BCUT2D eigenvalue weighted by atomic mass is 35.5. The number of nitrogens with one attached hydrogen (secondary N) is 1. The Morgan fingerprint density at radius 1 is 1.09 bits per heavy atom. The fourth-order valence-electron chi connectivity index (χ4n) is 1.95. The molecule has 0 atom stereocenters. The van der Waals surface area contributed by atoms with Crippen LogP contribution in [0.2, 0.25) is 10.0 Å². The maximum Gasteiger partial charge on any atom is 0.335 e. The average Bonchev–Trinajstić information content (AvgIpc) is 2.46. The second kappa shape index (κ2) is 9.01. The largest absolute Gasteiger partial charge is 0.478 e. The van der Waals surface area contributed by atoms with E-state index in [9.17, 15) is 4.79 Å². The second-order valence-corrected chi connectivity index (χ2v) is 5.51. The van der Waals surface area contributed by atoms with Crippen LogP contribution in [0.15, 0.2) is 42.5 Å². The monoisotopic (exact) mass is 359 g/mol. The highest BCUT2D eigenvalue weighted by Gasteiger charge is 2.03. The number of benzene rings is 2. The van der Waals surface area contributed by atoms with Crippen molar-refractivity contribution in [3.63, 3.8) is 0 Å². The Morgan fingerprint density at radius 2 is 1.77 bits per heavy atom. The molecule has 3 nitrogen and oxygen atoms in total. The van der Waals surface area contributed by atoms with E-state index in [4.69, 9.17) is 28.3 Å². The van der Waals surface area contributed by atoms with E-state index in [2.05, 4.69) is 5.32 Å². The van der Waals surface area contributed by atoms with Gasteiger partial charge < -0.3 is 10.4 Å². The quantitative estimate of drug-likeness (QED) is 0.748. The summed E-state index contributed by atoms with van der Waals surface area (Å²) < 4.78 is 0. The standard InChI is InChI=1S/C16H15Cl2NO2.ClH/c17-14-6-5-12(15(18)9-14)7-8-19-10-11-1-3-13(4-2-11)16(20)21;/h1-6,9,19H,7-8,10H2,(H,20,21);1H. The van der Waals surface area contributed by atoms with Gasteiger partial charge in [-0.2, -0.15) is 0 Å². The lowest BCUT2D eigenvalue weighted by atomic mass is 10.1. The van der Waals surface area contributed by atoms with Crippen LogP contribution in [0.1, 0.15) is 21.5 Å². The van der Waals surface area contributed by atoms with Crippen molar-refractivity contribution >= 4 is 41.6 Å². The van der Waals surface area contributed by atoms with Crippen molar-refractivity contribution < 1.29 is 9.90 Å². The Bertz CT molecular complexity index is 630. The van der Waals surface area contributed by atoms with Crippen LogP contribution < -0.4 is 5.32 Å². The summed E-state index contributed by atoms with van der Waals surface area (Å²) in [7, 11) is 0. The van der Waals surface area contributed by atoms with Crippen molar-refractivity contribution in [3.8, 4) is 0 Å². The van der Waals surface area contributed by atoms with Gasteiger partial charge in [-0.05, 0) is 48.4 Å². The van der Waals surface area contributed by atoms with Gasteiger partial charge in [-0.25, -0.2) is 4.79 Å². The van der Waals surface area contributed by atoms with E-state index in [1.165, 1.54) is 0 Å². The second-order valence-electron chi connectivity index (χ2n) is 4.66. The maximum atomic E-state index is 10.7. The van der Waals surface area contributed by atoms with Crippen molar-refractivity contribution in [2.24, 2.45) is 0 Å². The van der Waals surface area contributed by atoms with E-state index in [-0.39, 0.29) is 12.4 Å². The van der Waals surface area contributed by atoms with E-state index >= 15 is 0 Å². The molecule has 2 rings (SSSR count). The van der Waals surface area contributed by atoms with Gasteiger partial charge in [0.15, 0.2) is 0 Å². The Balaban J connectivity index is 0.00000242. The van der Waals surface area contributed by atoms with E-state index in [1.54, 1.807) is 18.2 Å². The fourth-order valence-corrected chi connectivity index (χ4v) is 2.45. The number of carbonyl (C=O) groups is 1. The van der Waals surface area contributed by atoms with Gasteiger partial charge in [0.2, 0.25) is 0 Å². The van der Waals surface area contributed by atoms with Crippen molar-refractivity contribution in [2.75, 3.05) is 6.54 Å². The van der Waals surface area contributed by atoms with Gasteiger partial charge in [-0.15, -0.1) is 12.4 Å². The van der Waals surface area contributed by atoms with E-state index in [1.807, 2.05) is 24.3 Å². The summed E-state index contributed by atoms with van der Waals surface area (Å²) in [6, 6.07) is 12.3. The Labute approximate surface area is 145 Å². The minimum atomic E-state index is -0.910. The zero-order chi connectivity index (χ0) is 15.2. The third-order valence-corrected chi connectivity index (χ3v) is 3.70. The van der Waals surface area contributed by atoms with Gasteiger partial charge in [0.05, 0.1) is 5.56 Å². The molecule has 0 aliphatic rings. The van der Waals surface area contributed by atoms with Crippen LogP contribution in [0, 0.1) is 0 Å². The Kier molecular flexibility index (Phi) is 7.69. The molecular formula is C16H16Cl3NO2. The summed E-state index contributed by atoms with van der Waals surface area (Å²) in [5.74, 6) is -0.910. The van der Waals surface area contributed by atoms with Crippen LogP contribution >= 0.6 is 35.6 Å². The van der Waals surface area contributed by atoms with Crippen LogP contribution in [0.3, 0.4) is 0 Å². The molecule has 0 fully saturated rings. The van der Waals surface area contributed by atoms with E-state index < -0.39 is 5.97 Å². The van der Waals surface area contributed by atoms with Gasteiger partial charge in [0, 0.05) is 16.6 Å². The average molecular weight is 361 g/mol. The van der Waals surface area contributed by atoms with Crippen LogP contribution in [0.4, 0.5) is 0 Å². The van der Waals surface area contributed by atoms with Gasteiger partial charge in [-0.1, -0.05) is 41.4 Å². The molecule has 0 saturated heterocycles. The zero-order valence-corrected chi connectivity index (χ0v) is 14.0. The molecule has 0 aromatic heterocycles. The van der Waals surface area contributed by atoms with Crippen LogP contribution in [0.25, 0.3) is 0 Å². The van der Waals surface area contributed by atoms with Gasteiger partial charge in [0.25, 0.3) is 0 Å². The fraction of sp³-hybridized carbons (Fsp3) is 0.188. The molecule has 2 N–H and O–H groups in total. The normalized spacial score (nSPS) is 10.1. The molecule has 0 aliphatic carbocycles. The van der Waals surface area contributed by atoms with Crippen LogP contribution in [-0.4, -0.2) is 17.6 Å². The number of carboxylic acid groups (broad SMARTS) is 1. The van der Waals surface area contributed by atoms with Crippen molar-refractivity contribution in [3.05, 3.63) is 69.2 Å². The molecule has 0 unspecified atom stereocenters. The van der Waals surface area contributed by atoms with Crippen LogP contribution in [-0.2, 0) is 13.0 Å². The van der Waals surface area contributed by atoms with Crippen LogP contribution in [0.5, 0.6) is 0 Å². The molecule has 0 aliphatic heterocycles. The smallest absolute Gasteiger partial charge is 0.335 e. The molecule has 0 heterocycles. The summed E-state index contributed by atoms with van der Waals surface area (Å²) in [5.41, 5.74) is 2.39. The molecule has 2 aromatic carbocycles. The van der Waals surface area contributed by atoms with Gasteiger partial charge in [0.1, 0.15) is 0 Å². The summed E-state index contributed by atoms with van der Waals surface area (Å²) in [4.78, 5) is 10.7. The highest BCUT2D eigenvalue weighted by molar-refractivity contribution is 6.35. The van der Waals surface area contributed by atoms with Gasteiger partial charge in [-0.3, -0.25) is 0 Å². The first-order chi connectivity index (χ1) is 10.1. The molecule has 118 valence electrons. The number of carboxylic acids is 1. The number of rotatable bonds is 6. The van der Waals surface area contributed by atoms with Gasteiger partial charge >= 0.3 is 5.97 Å². The number of aromatic carboxylic acids is 1. The molecule has 2 aromatic rings. The maximum absolute atomic E-state index is 10.7. The molecule has 22 heavy (non-hydrogen) atoms. The summed E-state index contributed by atoms with van der Waals surface area (Å²) in [5, 5.41) is 13.4. The predicted octanol–water partition coefficient (Wildman–Crippen LogP) is 4.45. The third kappa shape index (κ3) is 5.50. The summed E-state index contributed by atoms with van der Waals surface area (Å²) >= 11 is 12.0. The molecule has 6 heteroatoms. The minimum Gasteiger partial charge on any atom is -0.478 e.